The first kappa shape index (κ1) is 15.0. The summed E-state index contributed by atoms with van der Waals surface area (Å²) in [5.41, 5.74) is 2.72. The largest absolute Gasteiger partial charge is 0.361 e. The number of hydrogen-bond donors (Lipinski definition) is 1. The van der Waals surface area contributed by atoms with E-state index in [4.69, 9.17) is 0 Å². The molecule has 1 saturated carbocycles. The fraction of sp³-hybridized carbons (Fsp3) is 0.556. The van der Waals surface area contributed by atoms with Gasteiger partial charge in [0.1, 0.15) is 0 Å². The van der Waals surface area contributed by atoms with E-state index in [0.29, 0.717) is 0 Å². The van der Waals surface area contributed by atoms with Gasteiger partial charge in [-0.05, 0) is 57.1 Å². The number of benzene rings is 1. The zero-order chi connectivity index (χ0) is 14.7. The van der Waals surface area contributed by atoms with E-state index in [1.54, 1.807) is 0 Å². The average molecular weight is 302 g/mol. The second kappa shape index (κ2) is 6.89. The smallest absolute Gasteiger partial charge is 0.0457 e. The van der Waals surface area contributed by atoms with E-state index in [0.717, 1.165) is 18.2 Å². The van der Waals surface area contributed by atoms with Crippen LogP contribution in [0.25, 0.3) is 10.9 Å². The molecular weight excluding hydrogens is 276 g/mol. The number of fused-ring (bicyclic) bond motifs is 1. The van der Waals surface area contributed by atoms with E-state index in [2.05, 4.69) is 60.1 Å². The van der Waals surface area contributed by atoms with Crippen LogP contribution in [-0.2, 0) is 6.42 Å². The van der Waals surface area contributed by atoms with Gasteiger partial charge in [0.15, 0.2) is 0 Å². The van der Waals surface area contributed by atoms with Crippen LogP contribution >= 0.6 is 11.8 Å². The highest BCUT2D eigenvalue weighted by molar-refractivity contribution is 8.00. The van der Waals surface area contributed by atoms with Crippen molar-refractivity contribution in [2.75, 3.05) is 20.6 Å². The van der Waals surface area contributed by atoms with Crippen molar-refractivity contribution in [3.8, 4) is 0 Å². The van der Waals surface area contributed by atoms with Crippen molar-refractivity contribution < 1.29 is 0 Å². The summed E-state index contributed by atoms with van der Waals surface area (Å²) >= 11 is 2.09. The predicted molar refractivity (Wildman–Crippen MR) is 93.3 cm³/mol. The minimum atomic E-state index is 0.834. The summed E-state index contributed by atoms with van der Waals surface area (Å²) in [5.74, 6) is 0. The Morgan fingerprint density at radius 2 is 2.00 bits per heavy atom. The fourth-order valence-corrected chi connectivity index (χ4v) is 4.44. The van der Waals surface area contributed by atoms with Crippen LogP contribution in [0.2, 0.25) is 0 Å². The van der Waals surface area contributed by atoms with Crippen molar-refractivity contribution in [1.29, 1.82) is 0 Å². The van der Waals surface area contributed by atoms with Gasteiger partial charge in [0.2, 0.25) is 0 Å². The SMILES string of the molecule is CN(C)CCc1c[nH]c2ccc(SC3CCCCC3)cc12. The summed E-state index contributed by atoms with van der Waals surface area (Å²) in [7, 11) is 4.28. The lowest BCUT2D eigenvalue weighted by atomic mass is 10.0. The van der Waals surface area contributed by atoms with Gasteiger partial charge < -0.3 is 9.88 Å². The predicted octanol–water partition coefficient (Wildman–Crippen LogP) is 4.70. The second-order valence-electron chi connectivity index (χ2n) is 6.45. The first-order valence-electron chi connectivity index (χ1n) is 8.14. The number of likely N-dealkylation sites (N-methyl/N-ethyl adjacent to an activating group) is 1. The Morgan fingerprint density at radius 3 is 2.76 bits per heavy atom. The van der Waals surface area contributed by atoms with E-state index >= 15 is 0 Å². The van der Waals surface area contributed by atoms with Crippen LogP contribution in [0.1, 0.15) is 37.7 Å². The fourth-order valence-electron chi connectivity index (χ4n) is 3.16. The molecule has 1 aliphatic carbocycles. The molecule has 114 valence electrons. The van der Waals surface area contributed by atoms with Gasteiger partial charge in [-0.15, -0.1) is 11.8 Å². The maximum Gasteiger partial charge on any atom is 0.0457 e. The Balaban J connectivity index is 1.75. The molecule has 1 aliphatic rings. The number of rotatable bonds is 5. The van der Waals surface area contributed by atoms with E-state index in [1.165, 1.54) is 53.5 Å². The van der Waals surface area contributed by atoms with E-state index < -0.39 is 0 Å². The monoisotopic (exact) mass is 302 g/mol. The van der Waals surface area contributed by atoms with Gasteiger partial charge in [-0.2, -0.15) is 0 Å². The first-order chi connectivity index (χ1) is 10.2. The van der Waals surface area contributed by atoms with Crippen LogP contribution in [0.15, 0.2) is 29.3 Å². The van der Waals surface area contributed by atoms with Gasteiger partial charge in [-0.25, -0.2) is 0 Å². The summed E-state index contributed by atoms with van der Waals surface area (Å²) < 4.78 is 0. The van der Waals surface area contributed by atoms with Crippen LogP contribution in [0.3, 0.4) is 0 Å². The van der Waals surface area contributed by atoms with Crippen LogP contribution in [0, 0.1) is 0 Å². The van der Waals surface area contributed by atoms with Gasteiger partial charge in [0.05, 0.1) is 0 Å². The number of aromatic nitrogens is 1. The molecule has 0 radical (unpaired) electrons. The first-order valence-corrected chi connectivity index (χ1v) is 9.02. The third kappa shape index (κ3) is 3.83. The Labute approximate surface area is 132 Å². The van der Waals surface area contributed by atoms with Gasteiger partial charge in [0.25, 0.3) is 0 Å². The molecule has 1 N–H and O–H groups in total. The highest BCUT2D eigenvalue weighted by atomic mass is 32.2. The van der Waals surface area contributed by atoms with Gasteiger partial charge in [-0.1, -0.05) is 19.3 Å². The molecule has 0 aliphatic heterocycles. The zero-order valence-electron chi connectivity index (χ0n) is 13.2. The molecule has 2 aromatic rings. The molecular formula is C18H26N2S. The number of nitrogens with one attached hydrogen (secondary N) is 1. The molecule has 0 saturated heterocycles. The third-order valence-electron chi connectivity index (χ3n) is 4.42. The molecule has 1 aromatic heterocycles. The Hall–Kier alpha value is -0.930. The number of nitrogens with zero attached hydrogens (tertiary/aromatic N) is 1. The van der Waals surface area contributed by atoms with Crippen LogP contribution in [0.5, 0.6) is 0 Å². The topological polar surface area (TPSA) is 19.0 Å². The van der Waals surface area contributed by atoms with E-state index in [1.807, 2.05) is 0 Å². The maximum absolute atomic E-state index is 3.41. The maximum atomic E-state index is 3.41. The molecule has 3 heteroatoms. The molecule has 1 heterocycles. The summed E-state index contributed by atoms with van der Waals surface area (Å²) in [4.78, 5) is 7.11. The van der Waals surface area contributed by atoms with Crippen LogP contribution in [0.4, 0.5) is 0 Å². The summed E-state index contributed by atoms with van der Waals surface area (Å²) in [5, 5.41) is 2.25. The van der Waals surface area contributed by atoms with Crippen molar-refractivity contribution in [1.82, 2.24) is 9.88 Å². The Kier molecular flexibility index (Phi) is 4.91. The van der Waals surface area contributed by atoms with Crippen molar-refractivity contribution in [3.05, 3.63) is 30.0 Å². The average Bonchev–Trinajstić information content (AvgIpc) is 2.88. The molecule has 2 nitrogen and oxygen atoms in total. The molecule has 1 aromatic carbocycles. The number of aromatic amines is 1. The van der Waals surface area contributed by atoms with Crippen molar-refractivity contribution >= 4 is 22.7 Å². The molecule has 0 unspecified atom stereocenters. The Bertz CT molecular complexity index is 582. The quantitative estimate of drug-likeness (QED) is 0.863. The van der Waals surface area contributed by atoms with E-state index in [-0.39, 0.29) is 0 Å². The number of thioether (sulfide) groups is 1. The zero-order valence-corrected chi connectivity index (χ0v) is 14.0. The van der Waals surface area contributed by atoms with Gasteiger partial charge in [0, 0.05) is 33.8 Å². The van der Waals surface area contributed by atoms with Crippen LogP contribution in [-0.4, -0.2) is 35.8 Å². The minimum Gasteiger partial charge on any atom is -0.361 e. The summed E-state index contributed by atoms with van der Waals surface area (Å²) in [6.45, 7) is 1.10. The number of H-pyrrole nitrogens is 1. The normalized spacial score (nSPS) is 16.9. The molecule has 1 fully saturated rings. The third-order valence-corrected chi connectivity index (χ3v) is 5.75. The lowest BCUT2D eigenvalue weighted by molar-refractivity contribution is 0.414. The van der Waals surface area contributed by atoms with Crippen molar-refractivity contribution in [2.45, 2.75) is 48.7 Å². The summed E-state index contributed by atoms with van der Waals surface area (Å²) in [6, 6.07) is 6.93. The van der Waals surface area contributed by atoms with Gasteiger partial charge in [-0.3, -0.25) is 0 Å². The van der Waals surface area contributed by atoms with Crippen LogP contribution < -0.4 is 0 Å². The number of hydrogen-bond acceptors (Lipinski definition) is 2. The van der Waals surface area contributed by atoms with Crippen molar-refractivity contribution in [3.63, 3.8) is 0 Å². The Morgan fingerprint density at radius 1 is 1.19 bits per heavy atom. The molecule has 3 rings (SSSR count). The lowest BCUT2D eigenvalue weighted by Crippen LogP contribution is -2.14. The van der Waals surface area contributed by atoms with E-state index in [9.17, 15) is 0 Å². The molecule has 0 spiro atoms. The van der Waals surface area contributed by atoms with Crippen molar-refractivity contribution in [2.24, 2.45) is 0 Å². The molecule has 0 amide bonds. The highest BCUT2D eigenvalue weighted by Gasteiger charge is 2.15. The summed E-state index contributed by atoms with van der Waals surface area (Å²) in [6.07, 6.45) is 10.3. The van der Waals surface area contributed by atoms with Gasteiger partial charge >= 0.3 is 0 Å². The molecule has 21 heavy (non-hydrogen) atoms. The molecule has 0 atom stereocenters. The molecule has 0 bridgehead atoms. The second-order valence-corrected chi connectivity index (χ2v) is 7.83. The lowest BCUT2D eigenvalue weighted by Gasteiger charge is -2.21. The highest BCUT2D eigenvalue weighted by Crippen LogP contribution is 2.35. The minimum absolute atomic E-state index is 0.834. The standard InChI is InChI=1S/C18H26N2S/c1-20(2)11-10-14-13-19-18-9-8-16(12-17(14)18)21-15-6-4-3-5-7-15/h8-9,12-13,15,19H,3-7,10-11H2,1-2H3.